The molecule has 0 aliphatic heterocycles. The van der Waals surface area contributed by atoms with Gasteiger partial charge >= 0.3 is 0 Å². The van der Waals surface area contributed by atoms with Crippen molar-refractivity contribution in [3.05, 3.63) is 33.2 Å². The molecule has 0 saturated carbocycles. The molecule has 4 nitrogen and oxygen atoms in total. The van der Waals surface area contributed by atoms with E-state index in [1.807, 2.05) is 6.92 Å². The highest BCUT2D eigenvalue weighted by molar-refractivity contribution is 9.09. The number of aromatic amines is 1. The SMILES string of the molecule is CCC(Br)c1nnc(-c2c[nH]c(C)cc2=O)s1. The van der Waals surface area contributed by atoms with Crippen LogP contribution in [0.15, 0.2) is 17.1 Å². The van der Waals surface area contributed by atoms with Crippen molar-refractivity contribution in [2.75, 3.05) is 0 Å². The van der Waals surface area contributed by atoms with Gasteiger partial charge in [-0.3, -0.25) is 4.79 Å². The molecule has 1 atom stereocenters. The van der Waals surface area contributed by atoms with Gasteiger partial charge in [-0.2, -0.15) is 0 Å². The molecule has 90 valence electrons. The van der Waals surface area contributed by atoms with Crippen LogP contribution in [0.5, 0.6) is 0 Å². The third-order valence-corrected chi connectivity index (χ3v) is 4.81. The number of alkyl halides is 1. The number of nitrogens with one attached hydrogen (secondary N) is 1. The number of hydrogen-bond acceptors (Lipinski definition) is 4. The second kappa shape index (κ2) is 5.10. The zero-order valence-electron chi connectivity index (χ0n) is 9.53. The van der Waals surface area contributed by atoms with Crippen molar-refractivity contribution >= 4 is 27.3 Å². The van der Waals surface area contributed by atoms with Gasteiger partial charge in [0.25, 0.3) is 0 Å². The summed E-state index contributed by atoms with van der Waals surface area (Å²) in [6.45, 7) is 3.92. The molecule has 0 bridgehead atoms. The van der Waals surface area contributed by atoms with Gasteiger partial charge in [-0.25, -0.2) is 0 Å². The molecule has 0 spiro atoms. The Morgan fingerprint density at radius 1 is 1.53 bits per heavy atom. The van der Waals surface area contributed by atoms with Gasteiger partial charge in [0.1, 0.15) is 5.01 Å². The first-order valence-electron chi connectivity index (χ1n) is 5.29. The number of hydrogen-bond donors (Lipinski definition) is 1. The minimum absolute atomic E-state index is 0.0217. The van der Waals surface area contributed by atoms with Gasteiger partial charge in [0.05, 0.1) is 10.4 Å². The molecule has 2 aromatic rings. The Morgan fingerprint density at radius 2 is 2.29 bits per heavy atom. The Labute approximate surface area is 111 Å². The summed E-state index contributed by atoms with van der Waals surface area (Å²) in [5, 5.41) is 9.73. The van der Waals surface area contributed by atoms with Crippen LogP contribution in [0.4, 0.5) is 0 Å². The number of nitrogens with zero attached hydrogens (tertiary/aromatic N) is 2. The van der Waals surface area contributed by atoms with Crippen LogP contribution in [0.25, 0.3) is 10.6 Å². The van der Waals surface area contributed by atoms with E-state index in [4.69, 9.17) is 0 Å². The van der Waals surface area contributed by atoms with Crippen molar-refractivity contribution in [2.24, 2.45) is 0 Å². The molecule has 2 heterocycles. The lowest BCUT2D eigenvalue weighted by Gasteiger charge is -1.98. The Balaban J connectivity index is 2.40. The molecule has 1 N–H and O–H groups in total. The Kier molecular flexibility index (Phi) is 3.73. The third kappa shape index (κ3) is 2.63. The molecule has 2 aromatic heterocycles. The number of pyridine rings is 1. The zero-order valence-corrected chi connectivity index (χ0v) is 11.9. The van der Waals surface area contributed by atoms with Crippen molar-refractivity contribution in [2.45, 2.75) is 25.1 Å². The maximum Gasteiger partial charge on any atom is 0.192 e. The molecule has 6 heteroatoms. The summed E-state index contributed by atoms with van der Waals surface area (Å²) in [6, 6.07) is 1.57. The van der Waals surface area contributed by atoms with Gasteiger partial charge in [-0.15, -0.1) is 10.2 Å². The summed E-state index contributed by atoms with van der Waals surface area (Å²) >= 11 is 4.97. The van der Waals surface area contributed by atoms with E-state index in [1.54, 1.807) is 12.3 Å². The maximum absolute atomic E-state index is 11.8. The molecule has 0 aliphatic rings. The Bertz CT molecular complexity index is 578. The minimum Gasteiger partial charge on any atom is -0.364 e. The van der Waals surface area contributed by atoms with Crippen molar-refractivity contribution < 1.29 is 0 Å². The monoisotopic (exact) mass is 313 g/mol. The van der Waals surface area contributed by atoms with Gasteiger partial charge in [-0.05, 0) is 13.3 Å². The van der Waals surface area contributed by atoms with Gasteiger partial charge < -0.3 is 4.98 Å². The molecule has 0 fully saturated rings. The number of aromatic nitrogens is 3. The summed E-state index contributed by atoms with van der Waals surface area (Å²) < 4.78 is 0. The Hall–Kier alpha value is -1.01. The second-order valence-electron chi connectivity index (χ2n) is 3.72. The lowest BCUT2D eigenvalue weighted by molar-refractivity contribution is 0.870. The molecule has 0 amide bonds. The van der Waals surface area contributed by atoms with Crippen LogP contribution >= 0.6 is 27.3 Å². The molecular weight excluding hydrogens is 302 g/mol. The summed E-state index contributed by atoms with van der Waals surface area (Å²) in [6.07, 6.45) is 2.63. The topological polar surface area (TPSA) is 58.6 Å². The highest BCUT2D eigenvalue weighted by Gasteiger charge is 2.14. The first-order chi connectivity index (χ1) is 8.11. The highest BCUT2D eigenvalue weighted by atomic mass is 79.9. The second-order valence-corrected chi connectivity index (χ2v) is 5.83. The molecule has 0 aromatic carbocycles. The normalized spacial score (nSPS) is 12.6. The lowest BCUT2D eigenvalue weighted by Crippen LogP contribution is -2.04. The minimum atomic E-state index is -0.0217. The van der Waals surface area contributed by atoms with Crippen LogP contribution in [0, 0.1) is 6.92 Å². The van der Waals surface area contributed by atoms with E-state index >= 15 is 0 Å². The van der Waals surface area contributed by atoms with Gasteiger partial charge in [0, 0.05) is 18.0 Å². The van der Waals surface area contributed by atoms with Crippen LogP contribution in [-0.4, -0.2) is 15.2 Å². The van der Waals surface area contributed by atoms with Crippen LogP contribution in [0.2, 0.25) is 0 Å². The average molecular weight is 314 g/mol. The number of aryl methyl sites for hydroxylation is 1. The maximum atomic E-state index is 11.8. The fraction of sp³-hybridized carbons (Fsp3) is 0.364. The smallest absolute Gasteiger partial charge is 0.192 e. The average Bonchev–Trinajstić information content (AvgIpc) is 2.77. The quantitative estimate of drug-likeness (QED) is 0.886. The molecule has 2 rings (SSSR count). The predicted molar refractivity (Wildman–Crippen MR) is 72.7 cm³/mol. The summed E-state index contributed by atoms with van der Waals surface area (Å²) in [7, 11) is 0. The van der Waals surface area contributed by atoms with E-state index in [9.17, 15) is 4.79 Å². The molecule has 0 aliphatic carbocycles. The predicted octanol–water partition coefficient (Wildman–Crippen LogP) is 3.05. The zero-order chi connectivity index (χ0) is 12.4. The standard InChI is InChI=1S/C11H12BrN3OS/c1-3-8(12)11-15-14-10(17-11)7-5-13-6(2)4-9(7)16/h4-5,8H,3H2,1-2H3,(H,13,16). The van der Waals surface area contributed by atoms with E-state index in [-0.39, 0.29) is 10.3 Å². The highest BCUT2D eigenvalue weighted by Crippen LogP contribution is 2.31. The van der Waals surface area contributed by atoms with E-state index in [0.717, 1.165) is 17.1 Å². The molecule has 1 unspecified atom stereocenters. The van der Waals surface area contributed by atoms with Gasteiger partial charge in [-0.1, -0.05) is 34.2 Å². The van der Waals surface area contributed by atoms with Crippen LogP contribution in [0.1, 0.15) is 28.9 Å². The van der Waals surface area contributed by atoms with Crippen molar-refractivity contribution in [3.63, 3.8) is 0 Å². The van der Waals surface area contributed by atoms with Gasteiger partial charge in [0.2, 0.25) is 0 Å². The summed E-state index contributed by atoms with van der Waals surface area (Å²) in [5.41, 5.74) is 1.40. The van der Waals surface area contributed by atoms with Crippen LogP contribution in [-0.2, 0) is 0 Å². The number of H-pyrrole nitrogens is 1. The van der Waals surface area contributed by atoms with E-state index < -0.39 is 0 Å². The van der Waals surface area contributed by atoms with Crippen LogP contribution in [0.3, 0.4) is 0 Å². The molecule has 0 radical (unpaired) electrons. The van der Waals surface area contributed by atoms with E-state index in [0.29, 0.717) is 10.6 Å². The molecule has 0 saturated heterocycles. The number of halogens is 1. The van der Waals surface area contributed by atoms with Crippen LogP contribution < -0.4 is 5.43 Å². The summed E-state index contributed by atoms with van der Waals surface area (Å²) in [4.78, 5) is 15.0. The first-order valence-corrected chi connectivity index (χ1v) is 7.02. The lowest BCUT2D eigenvalue weighted by atomic mass is 10.2. The largest absolute Gasteiger partial charge is 0.364 e. The Morgan fingerprint density at radius 3 is 2.94 bits per heavy atom. The van der Waals surface area contributed by atoms with Gasteiger partial charge in [0.15, 0.2) is 10.4 Å². The summed E-state index contributed by atoms with van der Waals surface area (Å²) in [5.74, 6) is 0. The van der Waals surface area contributed by atoms with Crippen molar-refractivity contribution in [3.8, 4) is 10.6 Å². The van der Waals surface area contributed by atoms with E-state index in [2.05, 4.69) is 38.0 Å². The molecule has 17 heavy (non-hydrogen) atoms. The van der Waals surface area contributed by atoms with Crippen molar-refractivity contribution in [1.82, 2.24) is 15.2 Å². The fourth-order valence-corrected chi connectivity index (χ4v) is 2.68. The first kappa shape index (κ1) is 12.4. The fourth-order valence-electron chi connectivity index (χ4n) is 1.38. The van der Waals surface area contributed by atoms with Crippen molar-refractivity contribution in [1.29, 1.82) is 0 Å². The van der Waals surface area contributed by atoms with E-state index in [1.165, 1.54) is 11.3 Å². The molecular formula is C11H12BrN3OS. The third-order valence-electron chi connectivity index (χ3n) is 2.35. The number of rotatable bonds is 3.